The minimum Gasteiger partial charge on any atom is -0.369 e. The van der Waals surface area contributed by atoms with Crippen molar-refractivity contribution in [2.45, 2.75) is 19.8 Å². The highest BCUT2D eigenvalue weighted by molar-refractivity contribution is 7.19. The average molecular weight is 393 g/mol. The Kier molecular flexibility index (Phi) is 5.24. The van der Waals surface area contributed by atoms with Crippen LogP contribution in [0.2, 0.25) is 0 Å². The van der Waals surface area contributed by atoms with Gasteiger partial charge in [-0.25, -0.2) is 15.1 Å². The van der Waals surface area contributed by atoms with Crippen molar-refractivity contribution in [1.82, 2.24) is 25.1 Å². The van der Waals surface area contributed by atoms with E-state index < -0.39 is 0 Å². The summed E-state index contributed by atoms with van der Waals surface area (Å²) in [6.07, 6.45) is 3.96. The molecule has 0 unspecified atom stereocenters. The van der Waals surface area contributed by atoms with Crippen molar-refractivity contribution in [3.8, 4) is 11.1 Å². The molecule has 0 bridgehead atoms. The quantitative estimate of drug-likeness (QED) is 0.414. The number of anilines is 2. The molecule has 8 nitrogen and oxygen atoms in total. The largest absolute Gasteiger partial charge is 0.369 e. The number of fused-ring (bicyclic) bond motifs is 1. The normalized spacial score (nSPS) is 10.9. The molecule has 142 valence electrons. The van der Waals surface area contributed by atoms with Gasteiger partial charge < -0.3 is 5.32 Å². The number of aryl methyl sites for hydroxylation is 1. The Morgan fingerprint density at radius 2 is 2.00 bits per heavy atom. The Morgan fingerprint density at radius 1 is 1.14 bits per heavy atom. The van der Waals surface area contributed by atoms with Crippen LogP contribution in [0.15, 0.2) is 43.0 Å². The molecule has 0 aliphatic heterocycles. The van der Waals surface area contributed by atoms with Crippen molar-refractivity contribution < 1.29 is 4.79 Å². The fraction of sp³-hybridized carbons (Fsp3) is 0.211. The molecule has 4 aromatic rings. The molecule has 9 heteroatoms. The number of hydrogen-bond donors (Lipinski definition) is 3. The van der Waals surface area contributed by atoms with E-state index in [9.17, 15) is 4.79 Å². The average Bonchev–Trinajstić information content (AvgIpc) is 3.33. The summed E-state index contributed by atoms with van der Waals surface area (Å²) < 4.78 is 0. The van der Waals surface area contributed by atoms with Crippen molar-refractivity contribution >= 4 is 39.2 Å². The van der Waals surface area contributed by atoms with Crippen LogP contribution in [-0.4, -0.2) is 37.6 Å². The third-order valence-electron chi connectivity index (χ3n) is 4.27. The fourth-order valence-corrected chi connectivity index (χ4v) is 4.06. The number of nitrogens with one attached hydrogen (secondary N) is 3. The van der Waals surface area contributed by atoms with Gasteiger partial charge in [0.2, 0.25) is 11.9 Å². The number of nitrogens with zero attached hydrogens (tertiary/aromatic N) is 4. The number of aromatic amines is 1. The van der Waals surface area contributed by atoms with Gasteiger partial charge in [0, 0.05) is 23.4 Å². The molecule has 0 radical (unpaired) electrons. The van der Waals surface area contributed by atoms with E-state index in [1.54, 1.807) is 17.7 Å². The van der Waals surface area contributed by atoms with Gasteiger partial charge in [-0.2, -0.15) is 10.1 Å². The van der Waals surface area contributed by atoms with Gasteiger partial charge in [0.25, 0.3) is 0 Å². The number of amides is 1. The summed E-state index contributed by atoms with van der Waals surface area (Å²) >= 11 is 1.66. The number of H-pyrrole nitrogens is 1. The second kappa shape index (κ2) is 8.13. The maximum Gasteiger partial charge on any atom is 0.226 e. The minimum atomic E-state index is -0.109. The molecular formula is C19H19N7OS. The number of aromatic nitrogens is 5. The number of rotatable bonds is 7. The summed E-state index contributed by atoms with van der Waals surface area (Å²) in [7, 11) is 0. The maximum atomic E-state index is 11.9. The van der Waals surface area contributed by atoms with Crippen LogP contribution in [-0.2, 0) is 4.79 Å². The zero-order valence-electron chi connectivity index (χ0n) is 15.3. The third-order valence-corrected chi connectivity index (χ3v) is 5.29. The Hall–Kier alpha value is -3.33. The summed E-state index contributed by atoms with van der Waals surface area (Å²) in [6, 6.07) is 10.3. The Bertz CT molecular complexity index is 1080. The van der Waals surface area contributed by atoms with Crippen LogP contribution in [0.5, 0.6) is 0 Å². The van der Waals surface area contributed by atoms with E-state index in [-0.39, 0.29) is 5.91 Å². The van der Waals surface area contributed by atoms with Gasteiger partial charge in [0.05, 0.1) is 5.39 Å². The summed E-state index contributed by atoms with van der Waals surface area (Å²) in [5, 5.41) is 13.4. The zero-order chi connectivity index (χ0) is 19.3. The lowest BCUT2D eigenvalue weighted by Gasteiger charge is -2.09. The molecule has 4 rings (SSSR count). The van der Waals surface area contributed by atoms with E-state index in [4.69, 9.17) is 0 Å². The minimum absolute atomic E-state index is 0.109. The monoisotopic (exact) mass is 393 g/mol. The lowest BCUT2D eigenvalue weighted by atomic mass is 10.0. The molecule has 0 spiro atoms. The smallest absolute Gasteiger partial charge is 0.226 e. The molecule has 0 saturated carbocycles. The zero-order valence-corrected chi connectivity index (χ0v) is 16.1. The van der Waals surface area contributed by atoms with Gasteiger partial charge in [-0.1, -0.05) is 30.3 Å². The van der Waals surface area contributed by atoms with E-state index in [1.807, 2.05) is 18.2 Å². The molecule has 28 heavy (non-hydrogen) atoms. The predicted octanol–water partition coefficient (Wildman–Crippen LogP) is 3.62. The second-order valence-electron chi connectivity index (χ2n) is 6.21. The number of carbonyl (C=O) groups is 1. The molecule has 0 aliphatic rings. The summed E-state index contributed by atoms with van der Waals surface area (Å²) in [6.45, 7) is 2.73. The van der Waals surface area contributed by atoms with E-state index >= 15 is 0 Å². The van der Waals surface area contributed by atoms with Crippen LogP contribution < -0.4 is 10.6 Å². The van der Waals surface area contributed by atoms with Gasteiger partial charge in [0.15, 0.2) is 0 Å². The maximum absolute atomic E-state index is 11.9. The van der Waals surface area contributed by atoms with Crippen LogP contribution in [0.4, 0.5) is 11.8 Å². The second-order valence-corrected chi connectivity index (χ2v) is 7.42. The van der Waals surface area contributed by atoms with Crippen molar-refractivity contribution in [2.24, 2.45) is 0 Å². The summed E-state index contributed by atoms with van der Waals surface area (Å²) in [5.74, 6) is 1.04. The first-order chi connectivity index (χ1) is 13.7. The van der Waals surface area contributed by atoms with Gasteiger partial charge in [-0.05, 0) is 18.9 Å². The van der Waals surface area contributed by atoms with E-state index in [2.05, 4.69) is 54.8 Å². The van der Waals surface area contributed by atoms with Gasteiger partial charge in [0.1, 0.15) is 23.3 Å². The molecule has 1 aromatic carbocycles. The number of hydrogen-bond acceptors (Lipinski definition) is 7. The van der Waals surface area contributed by atoms with Crippen molar-refractivity contribution in [1.29, 1.82) is 0 Å². The number of benzene rings is 1. The molecule has 0 atom stereocenters. The molecule has 3 heterocycles. The van der Waals surface area contributed by atoms with Crippen LogP contribution in [0.1, 0.15) is 17.7 Å². The molecule has 3 N–H and O–H groups in total. The molecule has 0 fully saturated rings. The Labute approximate surface area is 165 Å². The summed E-state index contributed by atoms with van der Waals surface area (Å²) in [5.41, 5.74) is 2.31. The van der Waals surface area contributed by atoms with Gasteiger partial charge in [-0.3, -0.25) is 10.1 Å². The Balaban J connectivity index is 1.46. The van der Waals surface area contributed by atoms with E-state index in [0.717, 1.165) is 27.2 Å². The van der Waals surface area contributed by atoms with Crippen molar-refractivity contribution in [3.05, 3.63) is 47.9 Å². The molecular weight excluding hydrogens is 374 g/mol. The van der Waals surface area contributed by atoms with Crippen LogP contribution >= 0.6 is 11.3 Å². The van der Waals surface area contributed by atoms with E-state index in [1.165, 1.54) is 11.2 Å². The molecule has 0 aliphatic carbocycles. The molecule has 0 saturated heterocycles. The Morgan fingerprint density at radius 3 is 2.79 bits per heavy atom. The highest BCUT2D eigenvalue weighted by Crippen LogP contribution is 2.40. The number of thiophene rings is 1. The van der Waals surface area contributed by atoms with Gasteiger partial charge in [-0.15, -0.1) is 11.3 Å². The first-order valence-electron chi connectivity index (χ1n) is 8.91. The van der Waals surface area contributed by atoms with Crippen LogP contribution in [0, 0.1) is 6.92 Å². The molecule has 3 aromatic heterocycles. The topological polar surface area (TPSA) is 108 Å². The van der Waals surface area contributed by atoms with Crippen molar-refractivity contribution in [3.63, 3.8) is 0 Å². The SMILES string of the molecule is Cc1sc2ncnc(NCCCC(=O)Nc3ncn[nH]3)c2c1-c1ccccc1. The lowest BCUT2D eigenvalue weighted by Crippen LogP contribution is -2.14. The van der Waals surface area contributed by atoms with Crippen LogP contribution in [0.3, 0.4) is 0 Å². The van der Waals surface area contributed by atoms with Crippen molar-refractivity contribution in [2.75, 3.05) is 17.2 Å². The number of carbonyl (C=O) groups excluding carboxylic acids is 1. The summed E-state index contributed by atoms with van der Waals surface area (Å²) in [4.78, 5) is 26.8. The highest BCUT2D eigenvalue weighted by atomic mass is 32.1. The van der Waals surface area contributed by atoms with Crippen LogP contribution in [0.25, 0.3) is 21.3 Å². The standard InChI is InChI=1S/C19H19N7OS/c1-12-15(13-6-3-2-4-7-13)16-17(21-10-22-18(16)28-12)20-9-5-8-14(27)25-19-23-11-24-26-19/h2-4,6-7,10-11H,5,8-9H2,1H3,(H,20,21,22)(H2,23,24,25,26,27). The first-order valence-corrected chi connectivity index (χ1v) is 9.72. The fourth-order valence-electron chi connectivity index (χ4n) is 3.05. The third kappa shape index (κ3) is 3.84. The lowest BCUT2D eigenvalue weighted by molar-refractivity contribution is -0.116. The first kappa shape index (κ1) is 18.1. The van der Waals surface area contributed by atoms with Gasteiger partial charge >= 0.3 is 0 Å². The van der Waals surface area contributed by atoms with E-state index in [0.29, 0.717) is 25.3 Å². The highest BCUT2D eigenvalue weighted by Gasteiger charge is 2.16. The molecule has 1 amide bonds. The predicted molar refractivity (Wildman–Crippen MR) is 110 cm³/mol.